The van der Waals surface area contributed by atoms with E-state index in [4.69, 9.17) is 14.9 Å². The van der Waals surface area contributed by atoms with E-state index >= 15 is 0 Å². The van der Waals surface area contributed by atoms with Gasteiger partial charge in [0.05, 0.1) is 7.11 Å². The third-order valence-corrected chi connectivity index (χ3v) is 4.49. The highest BCUT2D eigenvalue weighted by atomic mass is 79.9. The van der Waals surface area contributed by atoms with E-state index in [2.05, 4.69) is 15.9 Å². The average molecular weight is 310 g/mol. The van der Waals surface area contributed by atoms with Crippen molar-refractivity contribution in [2.75, 3.05) is 7.11 Å². The van der Waals surface area contributed by atoms with Gasteiger partial charge in [-0.15, -0.1) is 0 Å². The molecule has 3 nitrogen and oxygen atoms in total. The van der Waals surface area contributed by atoms with E-state index in [0.29, 0.717) is 0 Å². The van der Waals surface area contributed by atoms with Crippen LogP contribution in [0.25, 0.3) is 11.0 Å². The van der Waals surface area contributed by atoms with Gasteiger partial charge in [-0.2, -0.15) is 0 Å². The summed E-state index contributed by atoms with van der Waals surface area (Å²) < 4.78 is 12.2. The molecule has 1 aromatic heterocycles. The van der Waals surface area contributed by atoms with Crippen molar-refractivity contribution in [3.05, 3.63) is 27.9 Å². The summed E-state index contributed by atoms with van der Waals surface area (Å²) >= 11 is 3.67. The van der Waals surface area contributed by atoms with Crippen molar-refractivity contribution in [1.82, 2.24) is 0 Å². The molecule has 1 saturated carbocycles. The summed E-state index contributed by atoms with van der Waals surface area (Å²) in [5.41, 5.74) is 8.18. The summed E-state index contributed by atoms with van der Waals surface area (Å²) in [6.07, 6.45) is 3.08. The lowest BCUT2D eigenvalue weighted by Crippen LogP contribution is -2.24. The molecule has 1 aromatic carbocycles. The van der Waals surface area contributed by atoms with E-state index in [9.17, 15) is 0 Å². The second-order valence-electron chi connectivity index (χ2n) is 5.19. The van der Waals surface area contributed by atoms with Crippen LogP contribution in [-0.2, 0) is 6.42 Å². The molecule has 1 aliphatic carbocycles. The predicted octanol–water partition coefficient (Wildman–Crippen LogP) is 3.55. The van der Waals surface area contributed by atoms with Crippen LogP contribution in [0.4, 0.5) is 0 Å². The molecule has 0 saturated heterocycles. The van der Waals surface area contributed by atoms with Crippen LogP contribution in [-0.4, -0.2) is 12.6 Å². The quantitative estimate of drug-likeness (QED) is 0.943. The third kappa shape index (κ3) is 1.93. The van der Waals surface area contributed by atoms with Crippen molar-refractivity contribution in [3.63, 3.8) is 0 Å². The largest absolute Gasteiger partial charge is 0.493 e. The number of ether oxygens (including phenoxy) is 1. The average Bonchev–Trinajstić information content (AvgIpc) is 2.91. The normalized spacial score (nSPS) is 17.1. The van der Waals surface area contributed by atoms with Gasteiger partial charge in [-0.1, -0.05) is 0 Å². The summed E-state index contributed by atoms with van der Waals surface area (Å²) in [6.45, 7) is 1.94. The van der Waals surface area contributed by atoms with Crippen LogP contribution in [0.3, 0.4) is 0 Å². The van der Waals surface area contributed by atoms with Crippen LogP contribution in [0.15, 0.2) is 21.0 Å². The van der Waals surface area contributed by atoms with Gasteiger partial charge in [-0.25, -0.2) is 0 Å². The molecule has 18 heavy (non-hydrogen) atoms. The van der Waals surface area contributed by atoms with Gasteiger partial charge in [-0.05, 0) is 59.8 Å². The van der Waals surface area contributed by atoms with E-state index in [-0.39, 0.29) is 5.54 Å². The van der Waals surface area contributed by atoms with Gasteiger partial charge in [0.25, 0.3) is 0 Å². The maximum atomic E-state index is 6.20. The Morgan fingerprint density at radius 1 is 1.44 bits per heavy atom. The maximum Gasteiger partial charge on any atom is 0.177 e. The minimum atomic E-state index is -0.0139. The molecule has 3 rings (SSSR count). The van der Waals surface area contributed by atoms with Crippen molar-refractivity contribution in [3.8, 4) is 5.75 Å². The van der Waals surface area contributed by atoms with Gasteiger partial charge in [0.15, 0.2) is 11.3 Å². The van der Waals surface area contributed by atoms with Gasteiger partial charge in [-0.3, -0.25) is 0 Å². The fourth-order valence-electron chi connectivity index (χ4n) is 2.32. The summed E-state index contributed by atoms with van der Waals surface area (Å²) in [7, 11) is 1.67. The van der Waals surface area contributed by atoms with Crippen LogP contribution in [0.1, 0.15) is 24.2 Å². The van der Waals surface area contributed by atoms with Gasteiger partial charge in [0, 0.05) is 15.4 Å². The molecule has 2 N–H and O–H groups in total. The molecule has 0 radical (unpaired) electrons. The second kappa shape index (κ2) is 4.00. The lowest BCUT2D eigenvalue weighted by molar-refractivity contribution is 0.408. The van der Waals surface area contributed by atoms with Crippen molar-refractivity contribution in [2.24, 2.45) is 5.73 Å². The number of fused-ring (bicyclic) bond motifs is 1. The molecule has 2 aromatic rings. The van der Waals surface area contributed by atoms with E-state index in [1.54, 1.807) is 7.11 Å². The zero-order valence-corrected chi connectivity index (χ0v) is 12.1. The minimum absolute atomic E-state index is 0.0139. The Bertz CT molecular complexity index is 614. The first-order valence-electron chi connectivity index (χ1n) is 6.07. The van der Waals surface area contributed by atoms with Crippen molar-refractivity contribution >= 4 is 26.9 Å². The van der Waals surface area contributed by atoms with E-state index in [0.717, 1.165) is 46.2 Å². The molecule has 4 heteroatoms. The summed E-state index contributed by atoms with van der Waals surface area (Å²) in [5, 5.41) is 1.06. The number of methoxy groups -OCH3 is 1. The standard InChI is InChI=1S/C14H16BrNO2/c1-8-5-10-12(15)9(7-14(16)3-4-14)6-11(17-2)13(10)18-8/h5-6H,3-4,7,16H2,1-2H3. The Balaban J connectivity index is 2.16. The smallest absolute Gasteiger partial charge is 0.177 e. The van der Waals surface area contributed by atoms with Gasteiger partial charge in [0.1, 0.15) is 5.76 Å². The number of aryl methyl sites for hydroxylation is 1. The SMILES string of the molecule is COc1cc(CC2(N)CC2)c(Br)c2cc(C)oc12. The van der Waals surface area contributed by atoms with E-state index in [1.807, 2.05) is 19.1 Å². The zero-order chi connectivity index (χ0) is 12.9. The monoisotopic (exact) mass is 309 g/mol. The Morgan fingerprint density at radius 2 is 2.17 bits per heavy atom. The van der Waals surface area contributed by atoms with Crippen LogP contribution >= 0.6 is 15.9 Å². The molecular formula is C14H16BrNO2. The van der Waals surface area contributed by atoms with Crippen molar-refractivity contribution in [2.45, 2.75) is 31.7 Å². The van der Waals surface area contributed by atoms with E-state index in [1.165, 1.54) is 5.56 Å². The molecule has 0 amide bonds. The molecule has 0 bridgehead atoms. The number of hydrogen-bond donors (Lipinski definition) is 1. The van der Waals surface area contributed by atoms with Crippen LogP contribution in [0.2, 0.25) is 0 Å². The minimum Gasteiger partial charge on any atom is -0.493 e. The van der Waals surface area contributed by atoms with Crippen LogP contribution in [0.5, 0.6) is 5.75 Å². The summed E-state index contributed by atoms with van der Waals surface area (Å²) in [5.74, 6) is 1.66. The number of nitrogens with two attached hydrogens (primary N) is 1. The molecule has 1 aliphatic rings. The third-order valence-electron chi connectivity index (χ3n) is 3.56. The molecule has 0 spiro atoms. The highest BCUT2D eigenvalue weighted by Crippen LogP contribution is 2.42. The molecule has 0 unspecified atom stereocenters. The van der Waals surface area contributed by atoms with Crippen LogP contribution in [0, 0.1) is 6.92 Å². The Hall–Kier alpha value is -1.00. The summed E-state index contributed by atoms with van der Waals surface area (Å²) in [6, 6.07) is 4.06. The molecule has 0 atom stereocenters. The van der Waals surface area contributed by atoms with Crippen molar-refractivity contribution < 1.29 is 9.15 Å². The molecule has 1 heterocycles. The number of furan rings is 1. The fourth-order valence-corrected chi connectivity index (χ4v) is 2.87. The Morgan fingerprint density at radius 3 is 2.78 bits per heavy atom. The highest BCUT2D eigenvalue weighted by molar-refractivity contribution is 9.10. The molecular weight excluding hydrogens is 294 g/mol. The topological polar surface area (TPSA) is 48.4 Å². The molecule has 0 aliphatic heterocycles. The fraction of sp³-hybridized carbons (Fsp3) is 0.429. The number of hydrogen-bond acceptors (Lipinski definition) is 3. The first kappa shape index (κ1) is 12.1. The second-order valence-corrected chi connectivity index (χ2v) is 5.98. The lowest BCUT2D eigenvalue weighted by atomic mass is 10.0. The predicted molar refractivity (Wildman–Crippen MR) is 75.1 cm³/mol. The summed E-state index contributed by atoms with van der Waals surface area (Å²) in [4.78, 5) is 0. The first-order chi connectivity index (χ1) is 8.52. The van der Waals surface area contributed by atoms with Crippen molar-refractivity contribution in [1.29, 1.82) is 0 Å². The first-order valence-corrected chi connectivity index (χ1v) is 6.86. The highest BCUT2D eigenvalue weighted by Gasteiger charge is 2.38. The lowest BCUT2D eigenvalue weighted by Gasteiger charge is -2.12. The van der Waals surface area contributed by atoms with E-state index < -0.39 is 0 Å². The van der Waals surface area contributed by atoms with Gasteiger partial charge < -0.3 is 14.9 Å². The Labute approximate surface area is 114 Å². The zero-order valence-electron chi connectivity index (χ0n) is 10.5. The maximum absolute atomic E-state index is 6.20. The number of rotatable bonds is 3. The number of halogens is 1. The molecule has 1 fully saturated rings. The number of benzene rings is 1. The molecule has 96 valence electrons. The van der Waals surface area contributed by atoms with Gasteiger partial charge in [0.2, 0.25) is 0 Å². The van der Waals surface area contributed by atoms with Crippen LogP contribution < -0.4 is 10.5 Å². The Kier molecular flexibility index (Phi) is 2.68. The van der Waals surface area contributed by atoms with Gasteiger partial charge >= 0.3 is 0 Å².